The molecule has 0 unspecified atom stereocenters. The average Bonchev–Trinajstić information content (AvgIpc) is 2.36. The minimum Gasteiger partial charge on any atom is -0.410 e. The van der Waals surface area contributed by atoms with Gasteiger partial charge in [0, 0.05) is 5.56 Å². The maximum Gasteiger partial charge on any atom is 0.137 e. The Labute approximate surface area is 103 Å². The van der Waals surface area contributed by atoms with Crippen molar-refractivity contribution in [1.82, 2.24) is 4.98 Å². The summed E-state index contributed by atoms with van der Waals surface area (Å²) in [5.74, 6) is 0. The molecule has 1 aromatic heterocycles. The van der Waals surface area contributed by atoms with Crippen molar-refractivity contribution >= 4 is 23.0 Å². The van der Waals surface area contributed by atoms with Crippen molar-refractivity contribution in [1.29, 1.82) is 0 Å². The van der Waals surface area contributed by atoms with E-state index >= 15 is 0 Å². The lowest BCUT2D eigenvalue weighted by Crippen LogP contribution is -2.09. The van der Waals surface area contributed by atoms with Crippen LogP contribution in [0.3, 0.4) is 0 Å². The Morgan fingerprint density at radius 2 is 1.88 bits per heavy atom. The molecule has 4 nitrogen and oxygen atoms in total. The summed E-state index contributed by atoms with van der Waals surface area (Å²) in [4.78, 5) is 4.07. The van der Waals surface area contributed by atoms with Crippen molar-refractivity contribution in [3.05, 3.63) is 58.9 Å². The molecule has 0 aliphatic carbocycles. The van der Waals surface area contributed by atoms with Gasteiger partial charge in [-0.1, -0.05) is 47.1 Å². The van der Waals surface area contributed by atoms with E-state index in [1.54, 1.807) is 24.3 Å². The number of benzene rings is 1. The molecule has 0 aliphatic rings. The standard InChI is InChI=1S/C12H10ClN3O/c13-10-7-6-9(14)12(15-10)11(16-17)8-4-2-1-3-5-8/h1-7,17H,14H2. The minimum absolute atomic E-state index is 0.297. The van der Waals surface area contributed by atoms with Gasteiger partial charge in [-0.2, -0.15) is 0 Å². The number of pyridine rings is 1. The fourth-order valence-electron chi connectivity index (χ4n) is 1.47. The molecule has 3 N–H and O–H groups in total. The highest BCUT2D eigenvalue weighted by atomic mass is 35.5. The van der Waals surface area contributed by atoms with Crippen LogP contribution >= 0.6 is 11.6 Å². The van der Waals surface area contributed by atoms with Crippen LogP contribution in [0.25, 0.3) is 0 Å². The number of hydrogen-bond acceptors (Lipinski definition) is 4. The monoisotopic (exact) mass is 247 g/mol. The van der Waals surface area contributed by atoms with Gasteiger partial charge in [0.2, 0.25) is 0 Å². The molecule has 2 rings (SSSR count). The van der Waals surface area contributed by atoms with Gasteiger partial charge in [-0.25, -0.2) is 4.98 Å². The molecule has 0 bridgehead atoms. The molecule has 0 aliphatic heterocycles. The van der Waals surface area contributed by atoms with E-state index in [-0.39, 0.29) is 0 Å². The first kappa shape index (κ1) is 11.4. The van der Waals surface area contributed by atoms with E-state index in [0.29, 0.717) is 22.2 Å². The smallest absolute Gasteiger partial charge is 0.137 e. The molecular formula is C12H10ClN3O. The Morgan fingerprint density at radius 1 is 1.18 bits per heavy atom. The van der Waals surface area contributed by atoms with Gasteiger partial charge in [0.25, 0.3) is 0 Å². The summed E-state index contributed by atoms with van der Waals surface area (Å²) < 4.78 is 0. The highest BCUT2D eigenvalue weighted by Gasteiger charge is 2.13. The molecule has 5 heteroatoms. The first-order chi connectivity index (χ1) is 8.22. The Kier molecular flexibility index (Phi) is 3.25. The summed E-state index contributed by atoms with van der Waals surface area (Å²) >= 11 is 5.80. The van der Waals surface area contributed by atoms with Crippen molar-refractivity contribution in [3.8, 4) is 0 Å². The summed E-state index contributed by atoms with van der Waals surface area (Å²) in [7, 11) is 0. The molecule has 0 saturated heterocycles. The fourth-order valence-corrected chi connectivity index (χ4v) is 1.62. The SMILES string of the molecule is Nc1ccc(Cl)nc1C(=NO)c1ccccc1. The number of nitrogen functional groups attached to an aromatic ring is 1. The molecular weight excluding hydrogens is 238 g/mol. The number of nitrogens with zero attached hydrogens (tertiary/aromatic N) is 2. The van der Waals surface area contributed by atoms with E-state index in [0.717, 1.165) is 5.56 Å². The number of halogens is 1. The number of hydrogen-bond donors (Lipinski definition) is 2. The first-order valence-corrected chi connectivity index (χ1v) is 5.30. The van der Waals surface area contributed by atoms with Crippen molar-refractivity contribution < 1.29 is 5.21 Å². The third-order valence-corrected chi connectivity index (χ3v) is 2.47. The van der Waals surface area contributed by atoms with Crippen LogP contribution in [0.15, 0.2) is 47.6 Å². The molecule has 1 heterocycles. The molecule has 0 saturated carbocycles. The quantitative estimate of drug-likeness (QED) is 0.371. The zero-order chi connectivity index (χ0) is 12.3. The van der Waals surface area contributed by atoms with Crippen LogP contribution in [0.5, 0.6) is 0 Å². The lowest BCUT2D eigenvalue weighted by Gasteiger charge is -2.07. The fraction of sp³-hybridized carbons (Fsp3) is 0. The Bertz CT molecular complexity index is 555. The van der Waals surface area contributed by atoms with Crippen LogP contribution in [0, 0.1) is 0 Å². The molecule has 0 radical (unpaired) electrons. The van der Waals surface area contributed by atoms with Crippen LogP contribution in [0.4, 0.5) is 5.69 Å². The summed E-state index contributed by atoms with van der Waals surface area (Å²) in [6.07, 6.45) is 0. The molecule has 17 heavy (non-hydrogen) atoms. The van der Waals surface area contributed by atoms with E-state index in [9.17, 15) is 0 Å². The Balaban J connectivity index is 2.54. The number of oxime groups is 1. The van der Waals surface area contributed by atoms with Crippen LogP contribution in [0.1, 0.15) is 11.3 Å². The summed E-state index contributed by atoms with van der Waals surface area (Å²) in [5, 5.41) is 12.6. The van der Waals surface area contributed by atoms with E-state index in [1.165, 1.54) is 0 Å². The summed E-state index contributed by atoms with van der Waals surface area (Å²) in [6.45, 7) is 0. The molecule has 0 spiro atoms. The van der Waals surface area contributed by atoms with Crippen molar-refractivity contribution in [2.75, 3.05) is 5.73 Å². The van der Waals surface area contributed by atoms with Crippen molar-refractivity contribution in [3.63, 3.8) is 0 Å². The van der Waals surface area contributed by atoms with Crippen LogP contribution in [-0.4, -0.2) is 15.9 Å². The van der Waals surface area contributed by atoms with Gasteiger partial charge in [-0.3, -0.25) is 0 Å². The highest BCUT2D eigenvalue weighted by molar-refractivity contribution is 6.30. The van der Waals surface area contributed by atoms with E-state index in [2.05, 4.69) is 10.1 Å². The second-order valence-corrected chi connectivity index (χ2v) is 3.77. The van der Waals surface area contributed by atoms with E-state index in [4.69, 9.17) is 22.5 Å². The zero-order valence-corrected chi connectivity index (χ0v) is 9.59. The second-order valence-electron chi connectivity index (χ2n) is 3.39. The Hall–Kier alpha value is -2.07. The third-order valence-electron chi connectivity index (χ3n) is 2.26. The van der Waals surface area contributed by atoms with Gasteiger partial charge in [-0.15, -0.1) is 0 Å². The van der Waals surface area contributed by atoms with Crippen molar-refractivity contribution in [2.45, 2.75) is 0 Å². The maximum absolute atomic E-state index is 9.10. The highest BCUT2D eigenvalue weighted by Crippen LogP contribution is 2.18. The average molecular weight is 248 g/mol. The van der Waals surface area contributed by atoms with Crippen LogP contribution < -0.4 is 5.73 Å². The topological polar surface area (TPSA) is 71.5 Å². The van der Waals surface area contributed by atoms with Crippen LogP contribution in [0.2, 0.25) is 5.15 Å². The van der Waals surface area contributed by atoms with Crippen molar-refractivity contribution in [2.24, 2.45) is 5.16 Å². The number of nitrogens with two attached hydrogens (primary N) is 1. The number of aromatic nitrogens is 1. The van der Waals surface area contributed by atoms with Gasteiger partial charge >= 0.3 is 0 Å². The second kappa shape index (κ2) is 4.84. The number of anilines is 1. The predicted molar refractivity (Wildman–Crippen MR) is 67.5 cm³/mol. The van der Waals surface area contributed by atoms with Gasteiger partial charge in [0.15, 0.2) is 0 Å². The molecule has 2 aromatic rings. The normalized spacial score (nSPS) is 11.5. The summed E-state index contributed by atoms with van der Waals surface area (Å²) in [5.41, 5.74) is 7.58. The molecule has 0 atom stereocenters. The first-order valence-electron chi connectivity index (χ1n) is 4.92. The van der Waals surface area contributed by atoms with Crippen LogP contribution in [-0.2, 0) is 0 Å². The van der Waals surface area contributed by atoms with E-state index in [1.807, 2.05) is 18.2 Å². The Morgan fingerprint density at radius 3 is 2.53 bits per heavy atom. The van der Waals surface area contributed by atoms with Gasteiger partial charge in [0.1, 0.15) is 16.6 Å². The maximum atomic E-state index is 9.10. The minimum atomic E-state index is 0.297. The van der Waals surface area contributed by atoms with Gasteiger partial charge < -0.3 is 10.9 Å². The lowest BCUT2D eigenvalue weighted by molar-refractivity contribution is 0.319. The van der Waals surface area contributed by atoms with Gasteiger partial charge in [0.05, 0.1) is 5.69 Å². The third kappa shape index (κ3) is 2.37. The number of rotatable bonds is 2. The summed E-state index contributed by atoms with van der Waals surface area (Å²) in [6, 6.07) is 12.4. The molecule has 0 amide bonds. The van der Waals surface area contributed by atoms with E-state index < -0.39 is 0 Å². The predicted octanol–water partition coefficient (Wildman–Crippen LogP) is 2.54. The zero-order valence-electron chi connectivity index (χ0n) is 8.84. The molecule has 1 aromatic carbocycles. The lowest BCUT2D eigenvalue weighted by atomic mass is 10.1. The molecule has 0 fully saturated rings. The molecule has 86 valence electrons. The largest absolute Gasteiger partial charge is 0.410 e. The van der Waals surface area contributed by atoms with Gasteiger partial charge in [-0.05, 0) is 12.1 Å².